The fourth-order valence-corrected chi connectivity index (χ4v) is 2.71. The zero-order valence-corrected chi connectivity index (χ0v) is 12.6. The van der Waals surface area contributed by atoms with E-state index in [2.05, 4.69) is 24.8 Å². The van der Waals surface area contributed by atoms with Gasteiger partial charge in [0.2, 0.25) is 0 Å². The summed E-state index contributed by atoms with van der Waals surface area (Å²) in [5, 5.41) is 0. The first-order valence-corrected chi connectivity index (χ1v) is 7.31. The average Bonchev–Trinajstić information content (AvgIpc) is 2.43. The third-order valence-electron chi connectivity index (χ3n) is 4.10. The maximum absolute atomic E-state index is 11.7. The molecule has 0 saturated carbocycles. The van der Waals surface area contributed by atoms with E-state index in [0.29, 0.717) is 6.61 Å². The summed E-state index contributed by atoms with van der Waals surface area (Å²) in [7, 11) is 0. The van der Waals surface area contributed by atoms with Crippen LogP contribution in [-0.2, 0) is 9.53 Å². The van der Waals surface area contributed by atoms with Crippen LogP contribution >= 0.6 is 0 Å². The Kier molecular flexibility index (Phi) is 4.53. The van der Waals surface area contributed by atoms with Crippen LogP contribution < -0.4 is 10.6 Å². The molecular weight excluding hydrogens is 252 g/mol. The van der Waals surface area contributed by atoms with Gasteiger partial charge in [-0.05, 0) is 56.9 Å². The summed E-state index contributed by atoms with van der Waals surface area (Å²) < 4.78 is 5.10. The van der Waals surface area contributed by atoms with Crippen molar-refractivity contribution < 1.29 is 9.53 Å². The number of anilines is 2. The third-order valence-corrected chi connectivity index (χ3v) is 4.10. The minimum atomic E-state index is -0.0554. The highest BCUT2D eigenvalue weighted by Crippen LogP contribution is 2.30. The fraction of sp³-hybridized carbons (Fsp3) is 0.562. The van der Waals surface area contributed by atoms with Crippen molar-refractivity contribution in [1.82, 2.24) is 0 Å². The van der Waals surface area contributed by atoms with Crippen LogP contribution in [0.15, 0.2) is 12.1 Å². The lowest BCUT2D eigenvalue weighted by Crippen LogP contribution is -2.37. The predicted octanol–water partition coefficient (Wildman–Crippen LogP) is 2.67. The van der Waals surface area contributed by atoms with Crippen molar-refractivity contribution in [2.75, 3.05) is 30.3 Å². The lowest BCUT2D eigenvalue weighted by Gasteiger charge is -2.33. The maximum atomic E-state index is 11.7. The van der Waals surface area contributed by atoms with Crippen molar-refractivity contribution in [2.24, 2.45) is 5.92 Å². The van der Waals surface area contributed by atoms with Crippen molar-refractivity contribution in [1.29, 1.82) is 0 Å². The summed E-state index contributed by atoms with van der Waals surface area (Å²) in [5.74, 6) is -0.0146. The number of esters is 1. The first-order valence-electron chi connectivity index (χ1n) is 7.31. The number of hydrogen-bond acceptors (Lipinski definition) is 4. The molecule has 0 atom stereocenters. The van der Waals surface area contributed by atoms with Gasteiger partial charge < -0.3 is 15.4 Å². The van der Waals surface area contributed by atoms with E-state index in [1.54, 1.807) is 0 Å². The number of benzene rings is 1. The monoisotopic (exact) mass is 276 g/mol. The number of nitrogens with two attached hydrogens (primary N) is 1. The predicted molar refractivity (Wildman–Crippen MR) is 81.9 cm³/mol. The summed E-state index contributed by atoms with van der Waals surface area (Å²) in [5.41, 5.74) is 10.5. The lowest BCUT2D eigenvalue weighted by atomic mass is 9.96. The quantitative estimate of drug-likeness (QED) is 0.681. The molecule has 1 fully saturated rings. The molecule has 0 radical (unpaired) electrons. The minimum absolute atomic E-state index is 0.0407. The third kappa shape index (κ3) is 3.06. The van der Waals surface area contributed by atoms with E-state index in [1.807, 2.05) is 13.0 Å². The molecule has 0 aromatic heterocycles. The Hall–Kier alpha value is -1.71. The smallest absolute Gasteiger partial charge is 0.309 e. The van der Waals surface area contributed by atoms with Crippen LogP contribution in [-0.4, -0.2) is 25.7 Å². The average molecular weight is 276 g/mol. The Balaban J connectivity index is 2.04. The lowest BCUT2D eigenvalue weighted by molar-refractivity contribution is -0.148. The van der Waals surface area contributed by atoms with Crippen molar-refractivity contribution >= 4 is 17.3 Å². The van der Waals surface area contributed by atoms with E-state index in [0.717, 1.165) is 37.3 Å². The Morgan fingerprint density at radius 2 is 1.90 bits per heavy atom. The summed E-state index contributed by atoms with van der Waals surface area (Å²) in [6.07, 6.45) is 1.68. The van der Waals surface area contributed by atoms with Gasteiger partial charge in [-0.15, -0.1) is 0 Å². The van der Waals surface area contributed by atoms with Crippen molar-refractivity contribution in [3.63, 3.8) is 0 Å². The standard InChI is InChI=1S/C16H24N2O2/c1-4-20-16(19)13-5-7-18(8-6-13)15-10-12(3)11(2)9-14(15)17/h9-10,13H,4-8,17H2,1-3H3. The number of rotatable bonds is 3. The summed E-state index contributed by atoms with van der Waals surface area (Å²) >= 11 is 0. The minimum Gasteiger partial charge on any atom is -0.466 e. The molecule has 4 nitrogen and oxygen atoms in total. The zero-order valence-electron chi connectivity index (χ0n) is 12.6. The van der Waals surface area contributed by atoms with Crippen LogP contribution in [0.5, 0.6) is 0 Å². The van der Waals surface area contributed by atoms with E-state index in [-0.39, 0.29) is 11.9 Å². The molecule has 0 amide bonds. The number of ether oxygens (including phenoxy) is 1. The molecule has 1 heterocycles. The Morgan fingerprint density at radius 1 is 1.30 bits per heavy atom. The van der Waals surface area contributed by atoms with Crippen LogP contribution in [0.3, 0.4) is 0 Å². The van der Waals surface area contributed by atoms with Crippen molar-refractivity contribution in [3.8, 4) is 0 Å². The van der Waals surface area contributed by atoms with Gasteiger partial charge in [-0.3, -0.25) is 4.79 Å². The molecular formula is C16H24N2O2. The van der Waals surface area contributed by atoms with E-state index in [4.69, 9.17) is 10.5 Å². The molecule has 0 aliphatic carbocycles. The molecule has 1 aliphatic heterocycles. The normalized spacial score (nSPS) is 16.2. The van der Waals surface area contributed by atoms with Gasteiger partial charge in [0.1, 0.15) is 0 Å². The van der Waals surface area contributed by atoms with Crippen molar-refractivity contribution in [3.05, 3.63) is 23.3 Å². The van der Waals surface area contributed by atoms with Crippen LogP contribution in [0.4, 0.5) is 11.4 Å². The molecule has 0 spiro atoms. The zero-order chi connectivity index (χ0) is 14.7. The van der Waals surface area contributed by atoms with E-state index in [1.165, 1.54) is 11.1 Å². The first-order chi connectivity index (χ1) is 9.52. The topological polar surface area (TPSA) is 55.6 Å². The number of hydrogen-bond donors (Lipinski definition) is 1. The number of aryl methyl sites for hydroxylation is 2. The molecule has 4 heteroatoms. The summed E-state index contributed by atoms with van der Waals surface area (Å²) in [6, 6.07) is 4.18. The van der Waals surface area contributed by atoms with Crippen LogP contribution in [0, 0.1) is 19.8 Å². The Labute approximate surface area is 120 Å². The molecule has 0 bridgehead atoms. The number of piperidine rings is 1. The number of carbonyl (C=O) groups excluding carboxylic acids is 1. The van der Waals surface area contributed by atoms with E-state index in [9.17, 15) is 4.79 Å². The van der Waals surface area contributed by atoms with Gasteiger partial charge in [-0.1, -0.05) is 0 Å². The van der Waals surface area contributed by atoms with Crippen LogP contribution in [0.1, 0.15) is 30.9 Å². The van der Waals surface area contributed by atoms with E-state index >= 15 is 0 Å². The second kappa shape index (κ2) is 6.16. The SMILES string of the molecule is CCOC(=O)C1CCN(c2cc(C)c(C)cc2N)CC1. The second-order valence-electron chi connectivity index (χ2n) is 5.51. The second-order valence-corrected chi connectivity index (χ2v) is 5.51. The van der Waals surface area contributed by atoms with Gasteiger partial charge in [-0.25, -0.2) is 0 Å². The Bertz CT molecular complexity index is 491. The molecule has 0 unspecified atom stereocenters. The van der Waals surface area contributed by atoms with E-state index < -0.39 is 0 Å². The first kappa shape index (κ1) is 14.7. The summed E-state index contributed by atoms with van der Waals surface area (Å²) in [4.78, 5) is 14.0. The summed E-state index contributed by atoms with van der Waals surface area (Å²) in [6.45, 7) is 8.20. The molecule has 1 aliphatic rings. The number of nitrogens with zero attached hydrogens (tertiary/aromatic N) is 1. The molecule has 2 N–H and O–H groups in total. The number of nitrogen functional groups attached to an aromatic ring is 1. The Morgan fingerprint density at radius 3 is 2.50 bits per heavy atom. The molecule has 110 valence electrons. The highest BCUT2D eigenvalue weighted by Gasteiger charge is 2.26. The molecule has 2 rings (SSSR count). The molecule has 1 saturated heterocycles. The molecule has 1 aromatic rings. The highest BCUT2D eigenvalue weighted by atomic mass is 16.5. The molecule has 20 heavy (non-hydrogen) atoms. The van der Waals surface area contributed by atoms with Gasteiger partial charge in [0.05, 0.1) is 23.9 Å². The van der Waals surface area contributed by atoms with Gasteiger partial charge in [0.25, 0.3) is 0 Å². The van der Waals surface area contributed by atoms with Crippen molar-refractivity contribution in [2.45, 2.75) is 33.6 Å². The van der Waals surface area contributed by atoms with Gasteiger partial charge in [-0.2, -0.15) is 0 Å². The van der Waals surface area contributed by atoms with Gasteiger partial charge in [0.15, 0.2) is 0 Å². The van der Waals surface area contributed by atoms with Crippen LogP contribution in [0.2, 0.25) is 0 Å². The maximum Gasteiger partial charge on any atom is 0.309 e. The number of carbonyl (C=O) groups is 1. The van der Waals surface area contributed by atoms with Gasteiger partial charge >= 0.3 is 5.97 Å². The molecule has 1 aromatic carbocycles. The fourth-order valence-electron chi connectivity index (χ4n) is 2.71. The van der Waals surface area contributed by atoms with Gasteiger partial charge in [0, 0.05) is 13.1 Å². The highest BCUT2D eigenvalue weighted by molar-refractivity contribution is 5.74. The largest absolute Gasteiger partial charge is 0.466 e. The van der Waals surface area contributed by atoms with Crippen LogP contribution in [0.25, 0.3) is 0 Å².